The number of hydrogen-bond donors (Lipinski definition) is 0. The van der Waals surface area contributed by atoms with Gasteiger partial charge in [-0.05, 0) is 73.8 Å². The zero-order chi connectivity index (χ0) is 32.3. The van der Waals surface area contributed by atoms with Crippen LogP contribution in [0.4, 0.5) is 0 Å². The van der Waals surface area contributed by atoms with Gasteiger partial charge in [0.25, 0.3) is 0 Å². The second-order valence-corrected chi connectivity index (χ2v) is 13.6. The second-order valence-electron chi connectivity index (χ2n) is 12.6. The number of fused-ring (bicyclic) bond motifs is 9. The van der Waals surface area contributed by atoms with Gasteiger partial charge in [-0.15, -0.1) is 11.3 Å². The summed E-state index contributed by atoms with van der Waals surface area (Å²) in [6.45, 7) is 0. The van der Waals surface area contributed by atoms with E-state index in [4.69, 9.17) is 9.97 Å². The van der Waals surface area contributed by atoms with Crippen LogP contribution in [0.25, 0.3) is 97.3 Å². The standard InChI is InChI=1S/C46H28N2S/c1-3-20-39-36(17-1)37-18-2-4-21-40(37)45-43(39)44(47-28-48-45)34-16-9-14-32(27-34)30-12-7-11-29(25-30)31-13-8-15-33(26-31)35-22-10-23-41-38-19-5-6-24-42(38)49-46(35)41/h1-28H. The topological polar surface area (TPSA) is 25.8 Å². The molecule has 2 aromatic heterocycles. The highest BCUT2D eigenvalue weighted by molar-refractivity contribution is 7.26. The summed E-state index contributed by atoms with van der Waals surface area (Å²) in [6, 6.07) is 59.1. The third-order valence-corrected chi connectivity index (χ3v) is 11.0. The van der Waals surface area contributed by atoms with E-state index >= 15 is 0 Å². The number of aromatic nitrogens is 2. The molecule has 0 saturated heterocycles. The number of thiophene rings is 1. The Morgan fingerprint density at radius 3 is 1.61 bits per heavy atom. The second kappa shape index (κ2) is 11.2. The molecule has 49 heavy (non-hydrogen) atoms. The Labute approximate surface area is 287 Å². The first kappa shape index (κ1) is 27.9. The lowest BCUT2D eigenvalue weighted by atomic mass is 9.93. The van der Waals surface area contributed by atoms with Crippen LogP contribution in [-0.4, -0.2) is 9.97 Å². The van der Waals surface area contributed by atoms with Crippen LogP contribution in [0.5, 0.6) is 0 Å². The van der Waals surface area contributed by atoms with E-state index in [1.54, 1.807) is 6.33 Å². The molecule has 0 bridgehead atoms. The number of nitrogens with zero attached hydrogens (tertiary/aromatic N) is 2. The van der Waals surface area contributed by atoms with E-state index in [2.05, 4.69) is 164 Å². The monoisotopic (exact) mass is 640 g/mol. The molecule has 0 N–H and O–H groups in total. The van der Waals surface area contributed by atoms with Crippen LogP contribution in [-0.2, 0) is 0 Å². The van der Waals surface area contributed by atoms with Gasteiger partial charge in [0.2, 0.25) is 0 Å². The van der Waals surface area contributed by atoms with Crippen molar-refractivity contribution < 1.29 is 0 Å². The Morgan fingerprint density at radius 2 is 0.878 bits per heavy atom. The van der Waals surface area contributed by atoms with Crippen molar-refractivity contribution in [2.24, 2.45) is 0 Å². The minimum Gasteiger partial charge on any atom is -0.236 e. The summed E-state index contributed by atoms with van der Waals surface area (Å²) in [5, 5.41) is 8.49. The molecule has 228 valence electrons. The molecule has 2 nitrogen and oxygen atoms in total. The number of benzene rings is 8. The molecule has 0 radical (unpaired) electrons. The van der Waals surface area contributed by atoms with Crippen molar-refractivity contribution >= 4 is 64.0 Å². The van der Waals surface area contributed by atoms with Gasteiger partial charge in [0.1, 0.15) is 6.33 Å². The minimum atomic E-state index is 0.952. The first-order valence-corrected chi connectivity index (χ1v) is 17.4. The van der Waals surface area contributed by atoms with Crippen molar-refractivity contribution in [2.45, 2.75) is 0 Å². The van der Waals surface area contributed by atoms with Gasteiger partial charge in [0, 0.05) is 36.5 Å². The van der Waals surface area contributed by atoms with Gasteiger partial charge >= 0.3 is 0 Å². The van der Waals surface area contributed by atoms with Crippen LogP contribution in [0.15, 0.2) is 170 Å². The highest BCUT2D eigenvalue weighted by Crippen LogP contribution is 2.42. The van der Waals surface area contributed by atoms with Crippen molar-refractivity contribution in [3.05, 3.63) is 170 Å². The zero-order valence-electron chi connectivity index (χ0n) is 26.5. The molecule has 0 aliphatic carbocycles. The van der Waals surface area contributed by atoms with Gasteiger partial charge in [-0.25, -0.2) is 9.97 Å². The van der Waals surface area contributed by atoms with Gasteiger partial charge in [-0.1, -0.05) is 140 Å². The van der Waals surface area contributed by atoms with Crippen molar-refractivity contribution in [1.29, 1.82) is 0 Å². The third kappa shape index (κ3) is 4.55. The summed E-state index contributed by atoms with van der Waals surface area (Å²) in [5.41, 5.74) is 10.2. The Bertz CT molecular complexity index is 2860. The highest BCUT2D eigenvalue weighted by Gasteiger charge is 2.16. The average Bonchev–Trinajstić information content (AvgIpc) is 3.57. The van der Waals surface area contributed by atoms with E-state index in [0.717, 1.165) is 33.1 Å². The summed E-state index contributed by atoms with van der Waals surface area (Å²) < 4.78 is 2.66. The molecule has 8 aromatic carbocycles. The SMILES string of the molecule is c1cc(-c2cccc(-c3cccc4c3sc3ccccc34)c2)cc(-c2cccc(-c3ncnc4c5ccccc5c5ccccc5c34)c2)c1. The summed E-state index contributed by atoms with van der Waals surface area (Å²) in [7, 11) is 0. The predicted octanol–water partition coefficient (Wildman–Crippen LogP) is 13.0. The molecule has 2 heterocycles. The van der Waals surface area contributed by atoms with Crippen LogP contribution in [0.1, 0.15) is 0 Å². The first-order valence-electron chi connectivity index (χ1n) is 16.6. The molecule has 0 aliphatic rings. The molecule has 0 aliphatic heterocycles. The largest absolute Gasteiger partial charge is 0.236 e. The molecular weight excluding hydrogens is 613 g/mol. The van der Waals surface area contributed by atoms with Crippen LogP contribution in [0.3, 0.4) is 0 Å². The van der Waals surface area contributed by atoms with Gasteiger partial charge in [0.15, 0.2) is 0 Å². The van der Waals surface area contributed by atoms with Crippen molar-refractivity contribution in [2.75, 3.05) is 0 Å². The normalized spacial score (nSPS) is 11.7. The van der Waals surface area contributed by atoms with E-state index in [9.17, 15) is 0 Å². The Hall–Kier alpha value is -6.16. The van der Waals surface area contributed by atoms with Gasteiger partial charge in [-0.2, -0.15) is 0 Å². The van der Waals surface area contributed by atoms with Gasteiger partial charge < -0.3 is 0 Å². The van der Waals surface area contributed by atoms with E-state index in [0.29, 0.717) is 0 Å². The maximum atomic E-state index is 4.90. The fourth-order valence-corrected chi connectivity index (χ4v) is 8.73. The van der Waals surface area contributed by atoms with E-state index < -0.39 is 0 Å². The molecule has 10 aromatic rings. The number of rotatable bonds is 4. The quantitative estimate of drug-likeness (QED) is 0.179. The molecular formula is C46H28N2S. The summed E-state index contributed by atoms with van der Waals surface area (Å²) >= 11 is 1.88. The molecule has 0 atom stereocenters. The summed E-state index contributed by atoms with van der Waals surface area (Å²) in [6.07, 6.45) is 1.71. The van der Waals surface area contributed by atoms with Gasteiger partial charge in [0.05, 0.1) is 11.2 Å². The molecule has 0 saturated carbocycles. The fourth-order valence-electron chi connectivity index (χ4n) is 7.49. The Balaban J connectivity index is 1.07. The van der Waals surface area contributed by atoms with E-state index in [1.807, 2.05) is 11.3 Å². The molecule has 0 unspecified atom stereocenters. The smallest absolute Gasteiger partial charge is 0.116 e. The molecule has 0 fully saturated rings. The lowest BCUT2D eigenvalue weighted by Crippen LogP contribution is -1.93. The van der Waals surface area contributed by atoms with Crippen molar-refractivity contribution in [1.82, 2.24) is 9.97 Å². The molecule has 0 amide bonds. The fraction of sp³-hybridized carbons (Fsp3) is 0. The lowest BCUT2D eigenvalue weighted by molar-refractivity contribution is 1.23. The van der Waals surface area contributed by atoms with Crippen LogP contribution in [0.2, 0.25) is 0 Å². The maximum absolute atomic E-state index is 4.90. The van der Waals surface area contributed by atoms with Crippen LogP contribution >= 0.6 is 11.3 Å². The number of hydrogen-bond acceptors (Lipinski definition) is 3. The highest BCUT2D eigenvalue weighted by atomic mass is 32.1. The average molecular weight is 641 g/mol. The lowest BCUT2D eigenvalue weighted by Gasteiger charge is -2.13. The van der Waals surface area contributed by atoms with Gasteiger partial charge in [-0.3, -0.25) is 0 Å². The van der Waals surface area contributed by atoms with Crippen molar-refractivity contribution in [3.8, 4) is 44.6 Å². The Kier molecular flexibility index (Phi) is 6.39. The first-order chi connectivity index (χ1) is 24.3. The minimum absolute atomic E-state index is 0.952. The van der Waals surface area contributed by atoms with E-state index in [-0.39, 0.29) is 0 Å². The Morgan fingerprint density at radius 1 is 0.367 bits per heavy atom. The third-order valence-electron chi connectivity index (χ3n) is 9.76. The summed E-state index contributed by atoms with van der Waals surface area (Å²) in [4.78, 5) is 9.72. The predicted molar refractivity (Wildman–Crippen MR) is 209 cm³/mol. The summed E-state index contributed by atoms with van der Waals surface area (Å²) in [5.74, 6) is 0. The van der Waals surface area contributed by atoms with Crippen LogP contribution in [0, 0.1) is 0 Å². The van der Waals surface area contributed by atoms with E-state index in [1.165, 1.54) is 64.1 Å². The maximum Gasteiger partial charge on any atom is 0.116 e. The van der Waals surface area contributed by atoms with Crippen LogP contribution < -0.4 is 0 Å². The zero-order valence-corrected chi connectivity index (χ0v) is 27.3. The molecule has 0 spiro atoms. The van der Waals surface area contributed by atoms with Crippen molar-refractivity contribution in [3.63, 3.8) is 0 Å². The molecule has 3 heteroatoms. The molecule has 10 rings (SSSR count).